The van der Waals surface area contributed by atoms with Crippen LogP contribution in [0.3, 0.4) is 0 Å². The van der Waals surface area contributed by atoms with Crippen molar-refractivity contribution >= 4 is 23.2 Å². The smallest absolute Gasteiger partial charge is 0.250 e. The minimum atomic E-state index is -4.64. The first-order chi connectivity index (χ1) is 8.83. The van der Waals surface area contributed by atoms with Crippen LogP contribution in [0, 0.1) is 0 Å². The molecule has 1 aromatic carbocycles. The van der Waals surface area contributed by atoms with Crippen LogP contribution in [-0.4, -0.2) is 20.9 Å². The Kier molecular flexibility index (Phi) is 3.73. The van der Waals surface area contributed by atoms with Gasteiger partial charge < -0.3 is 0 Å². The Morgan fingerprint density at radius 3 is 2.26 bits per heavy atom. The molecule has 0 fully saturated rings. The Morgan fingerprint density at radius 1 is 1.16 bits per heavy atom. The minimum absolute atomic E-state index is 0.0958. The second-order valence-electron chi connectivity index (χ2n) is 3.90. The van der Waals surface area contributed by atoms with Crippen LogP contribution in [0.5, 0.6) is 0 Å². The zero-order chi connectivity index (χ0) is 14.1. The largest absolute Gasteiger partial charge is 0.413 e. The molecule has 2 rings (SSSR count). The summed E-state index contributed by atoms with van der Waals surface area (Å²) in [7, 11) is 0. The first-order valence-corrected chi connectivity index (χ1v) is 5.92. The highest BCUT2D eigenvalue weighted by atomic mass is 35.5. The normalized spacial score (nSPS) is 15.2. The zero-order valence-corrected chi connectivity index (χ0v) is 10.9. The van der Waals surface area contributed by atoms with Gasteiger partial charge in [0.2, 0.25) is 0 Å². The van der Waals surface area contributed by atoms with Gasteiger partial charge in [-0.15, -0.1) is 11.6 Å². The summed E-state index contributed by atoms with van der Waals surface area (Å²) in [5.74, 6) is 0. The van der Waals surface area contributed by atoms with Crippen molar-refractivity contribution in [2.75, 3.05) is 0 Å². The van der Waals surface area contributed by atoms with E-state index in [1.165, 1.54) is 30.6 Å². The van der Waals surface area contributed by atoms with E-state index >= 15 is 0 Å². The first kappa shape index (κ1) is 14.1. The summed E-state index contributed by atoms with van der Waals surface area (Å²) in [5.41, 5.74) is -0.0958. The summed E-state index contributed by atoms with van der Waals surface area (Å²) in [6, 6.07) is 5.22. The van der Waals surface area contributed by atoms with Gasteiger partial charge in [0.05, 0.1) is 6.54 Å². The third-order valence-electron chi connectivity index (χ3n) is 2.60. The molecule has 19 heavy (non-hydrogen) atoms. The van der Waals surface area contributed by atoms with E-state index in [-0.39, 0.29) is 5.56 Å². The van der Waals surface area contributed by atoms with Gasteiger partial charge in [-0.2, -0.15) is 18.3 Å². The average molecular weight is 310 g/mol. The van der Waals surface area contributed by atoms with E-state index in [1.54, 1.807) is 0 Å². The highest BCUT2D eigenvalue weighted by Crippen LogP contribution is 2.46. The number of halogens is 5. The predicted molar refractivity (Wildman–Crippen MR) is 65.1 cm³/mol. The molecule has 0 aliphatic carbocycles. The predicted octanol–water partition coefficient (Wildman–Crippen LogP) is 3.63. The van der Waals surface area contributed by atoms with Crippen molar-refractivity contribution in [1.29, 1.82) is 0 Å². The third-order valence-corrected chi connectivity index (χ3v) is 3.40. The molecular formula is C11H8Cl2F3N3. The molecule has 0 aliphatic rings. The Bertz CT molecular complexity index is 539. The van der Waals surface area contributed by atoms with Gasteiger partial charge >= 0.3 is 6.18 Å². The van der Waals surface area contributed by atoms with Crippen molar-refractivity contribution in [1.82, 2.24) is 14.8 Å². The van der Waals surface area contributed by atoms with E-state index in [9.17, 15) is 13.2 Å². The van der Waals surface area contributed by atoms with Gasteiger partial charge in [0.1, 0.15) is 12.7 Å². The third kappa shape index (κ3) is 2.84. The van der Waals surface area contributed by atoms with E-state index in [4.69, 9.17) is 23.2 Å². The SMILES string of the molecule is FC(F)(F)C(Cl)(Cn1cncn1)c1ccc(Cl)cc1. The van der Waals surface area contributed by atoms with Crippen molar-refractivity contribution in [3.63, 3.8) is 0 Å². The maximum Gasteiger partial charge on any atom is 0.413 e. The molecule has 3 nitrogen and oxygen atoms in total. The standard InChI is InChI=1S/C11H8Cl2F3N3/c12-9-3-1-8(2-4-9)10(13,11(14,15)16)5-19-7-17-6-18-19/h1-4,6-7H,5H2. The zero-order valence-electron chi connectivity index (χ0n) is 9.40. The lowest BCUT2D eigenvalue weighted by molar-refractivity contribution is -0.169. The van der Waals surface area contributed by atoms with E-state index in [2.05, 4.69) is 10.1 Å². The van der Waals surface area contributed by atoms with Crippen LogP contribution >= 0.6 is 23.2 Å². The highest BCUT2D eigenvalue weighted by Gasteiger charge is 2.55. The fourth-order valence-electron chi connectivity index (χ4n) is 1.60. The molecule has 1 aromatic heterocycles. The van der Waals surface area contributed by atoms with Gasteiger partial charge in [0, 0.05) is 5.02 Å². The topological polar surface area (TPSA) is 30.7 Å². The molecule has 8 heteroatoms. The molecule has 0 bridgehead atoms. The Morgan fingerprint density at radius 2 is 1.79 bits per heavy atom. The molecule has 0 radical (unpaired) electrons. The van der Waals surface area contributed by atoms with Crippen LogP contribution in [0.2, 0.25) is 5.02 Å². The second-order valence-corrected chi connectivity index (χ2v) is 4.98. The Balaban J connectivity index is 2.43. The van der Waals surface area contributed by atoms with Crippen molar-refractivity contribution < 1.29 is 13.2 Å². The maximum atomic E-state index is 13.3. The molecule has 0 spiro atoms. The van der Waals surface area contributed by atoms with E-state index in [1.807, 2.05) is 0 Å². The second kappa shape index (κ2) is 5.02. The quantitative estimate of drug-likeness (QED) is 0.811. The van der Waals surface area contributed by atoms with Crippen molar-refractivity contribution in [3.8, 4) is 0 Å². The molecule has 1 heterocycles. The van der Waals surface area contributed by atoms with Gasteiger partial charge in [-0.1, -0.05) is 23.7 Å². The summed E-state index contributed by atoms with van der Waals surface area (Å²) >= 11 is 11.5. The van der Waals surface area contributed by atoms with Crippen LogP contribution in [0.4, 0.5) is 13.2 Å². The van der Waals surface area contributed by atoms with Crippen LogP contribution in [0.1, 0.15) is 5.56 Å². The van der Waals surface area contributed by atoms with Gasteiger partial charge in [-0.25, -0.2) is 4.98 Å². The number of rotatable bonds is 3. The lowest BCUT2D eigenvalue weighted by Gasteiger charge is -2.29. The van der Waals surface area contributed by atoms with Crippen LogP contribution < -0.4 is 0 Å². The van der Waals surface area contributed by atoms with E-state index in [0.717, 1.165) is 11.0 Å². The number of nitrogens with zero attached hydrogens (tertiary/aromatic N) is 3. The number of hydrogen-bond acceptors (Lipinski definition) is 2. The summed E-state index contributed by atoms with van der Waals surface area (Å²) in [4.78, 5) is 1.02. The molecule has 2 aromatic rings. The van der Waals surface area contributed by atoms with Crippen molar-refractivity contribution in [2.45, 2.75) is 17.6 Å². The minimum Gasteiger partial charge on any atom is -0.250 e. The molecule has 102 valence electrons. The molecule has 0 amide bonds. The average Bonchev–Trinajstić information content (AvgIpc) is 2.81. The molecule has 0 aliphatic heterocycles. The molecule has 1 atom stereocenters. The number of hydrogen-bond donors (Lipinski definition) is 0. The molecule has 0 saturated heterocycles. The monoisotopic (exact) mass is 309 g/mol. The molecule has 0 saturated carbocycles. The lowest BCUT2D eigenvalue weighted by atomic mass is 9.97. The molecule has 0 N–H and O–H groups in total. The fourth-order valence-corrected chi connectivity index (χ4v) is 1.97. The van der Waals surface area contributed by atoms with E-state index < -0.39 is 17.6 Å². The molecular weight excluding hydrogens is 302 g/mol. The Hall–Kier alpha value is -1.27. The summed E-state index contributed by atoms with van der Waals surface area (Å²) in [6.45, 7) is -0.570. The van der Waals surface area contributed by atoms with E-state index in [0.29, 0.717) is 5.02 Å². The Labute approximate surface area is 117 Å². The number of alkyl halides is 4. The number of benzene rings is 1. The van der Waals surface area contributed by atoms with Gasteiger partial charge in [-0.05, 0) is 17.7 Å². The lowest BCUT2D eigenvalue weighted by Crippen LogP contribution is -2.41. The molecule has 1 unspecified atom stereocenters. The number of aromatic nitrogens is 3. The van der Waals surface area contributed by atoms with Crippen LogP contribution in [0.25, 0.3) is 0 Å². The fraction of sp³-hybridized carbons (Fsp3) is 0.273. The van der Waals surface area contributed by atoms with Crippen LogP contribution in [-0.2, 0) is 11.4 Å². The maximum absolute atomic E-state index is 13.3. The summed E-state index contributed by atoms with van der Waals surface area (Å²) in [5, 5.41) is 3.99. The van der Waals surface area contributed by atoms with Gasteiger partial charge in [0.15, 0.2) is 4.87 Å². The van der Waals surface area contributed by atoms with Gasteiger partial charge in [-0.3, -0.25) is 4.68 Å². The van der Waals surface area contributed by atoms with Crippen molar-refractivity contribution in [2.24, 2.45) is 0 Å². The summed E-state index contributed by atoms with van der Waals surface area (Å²) < 4.78 is 40.8. The van der Waals surface area contributed by atoms with Crippen LogP contribution in [0.15, 0.2) is 36.9 Å². The summed E-state index contributed by atoms with van der Waals surface area (Å²) in [6.07, 6.45) is -2.32. The highest BCUT2D eigenvalue weighted by molar-refractivity contribution is 6.30. The first-order valence-electron chi connectivity index (χ1n) is 5.17. The van der Waals surface area contributed by atoms with Gasteiger partial charge in [0.25, 0.3) is 0 Å². The van der Waals surface area contributed by atoms with Crippen molar-refractivity contribution in [3.05, 3.63) is 47.5 Å².